The SMILES string of the molecule is CCc1ccc(C2=NCc3ccccc3-n3cccc32)cc1. The highest BCUT2D eigenvalue weighted by Gasteiger charge is 2.17. The van der Waals surface area contributed by atoms with E-state index in [4.69, 9.17) is 4.99 Å². The molecule has 1 aliphatic rings. The maximum absolute atomic E-state index is 4.90. The molecule has 1 aromatic heterocycles. The molecule has 2 aromatic carbocycles. The Labute approximate surface area is 130 Å². The Balaban J connectivity index is 1.86. The van der Waals surface area contributed by atoms with Crippen LogP contribution in [0.4, 0.5) is 0 Å². The first kappa shape index (κ1) is 13.1. The minimum atomic E-state index is 0.725. The monoisotopic (exact) mass is 286 g/mol. The van der Waals surface area contributed by atoms with E-state index in [1.165, 1.54) is 22.4 Å². The summed E-state index contributed by atoms with van der Waals surface area (Å²) >= 11 is 0. The molecule has 108 valence electrons. The number of hydrogen-bond donors (Lipinski definition) is 0. The van der Waals surface area contributed by atoms with Crippen molar-refractivity contribution in [3.8, 4) is 5.69 Å². The summed E-state index contributed by atoms with van der Waals surface area (Å²) in [5.74, 6) is 0. The van der Waals surface area contributed by atoms with Crippen LogP contribution in [0.25, 0.3) is 5.69 Å². The van der Waals surface area contributed by atoms with Crippen LogP contribution in [0.15, 0.2) is 71.9 Å². The van der Waals surface area contributed by atoms with Crippen LogP contribution in [0, 0.1) is 0 Å². The minimum Gasteiger partial charge on any atom is -0.315 e. The second-order valence-corrected chi connectivity index (χ2v) is 5.61. The molecule has 0 unspecified atom stereocenters. The highest BCUT2D eigenvalue weighted by atomic mass is 15.0. The van der Waals surface area contributed by atoms with Gasteiger partial charge in [-0.1, -0.05) is 49.4 Å². The summed E-state index contributed by atoms with van der Waals surface area (Å²) in [5, 5.41) is 0. The molecule has 0 N–H and O–H groups in total. The smallest absolute Gasteiger partial charge is 0.0891 e. The molecule has 3 aromatic rings. The van der Waals surface area contributed by atoms with Crippen LogP contribution in [-0.4, -0.2) is 10.3 Å². The third-order valence-electron chi connectivity index (χ3n) is 4.29. The first-order valence-electron chi connectivity index (χ1n) is 7.76. The first-order valence-corrected chi connectivity index (χ1v) is 7.76. The van der Waals surface area contributed by atoms with Crippen molar-refractivity contribution >= 4 is 5.71 Å². The molecule has 0 saturated carbocycles. The highest BCUT2D eigenvalue weighted by Crippen LogP contribution is 2.25. The molecular formula is C20H18N2. The van der Waals surface area contributed by atoms with Gasteiger partial charge in [-0.3, -0.25) is 4.99 Å². The molecule has 4 rings (SSSR count). The van der Waals surface area contributed by atoms with Crippen LogP contribution in [0.3, 0.4) is 0 Å². The number of aliphatic imine (C=N–C) groups is 1. The van der Waals surface area contributed by atoms with E-state index < -0.39 is 0 Å². The van der Waals surface area contributed by atoms with Crippen molar-refractivity contribution in [2.75, 3.05) is 0 Å². The molecule has 0 radical (unpaired) electrons. The van der Waals surface area contributed by atoms with E-state index >= 15 is 0 Å². The average Bonchev–Trinajstić information content (AvgIpc) is 3.00. The average molecular weight is 286 g/mol. The van der Waals surface area contributed by atoms with Crippen molar-refractivity contribution in [3.05, 3.63) is 89.2 Å². The second-order valence-electron chi connectivity index (χ2n) is 5.61. The Morgan fingerprint density at radius 1 is 0.955 bits per heavy atom. The summed E-state index contributed by atoms with van der Waals surface area (Å²) in [5.41, 5.74) is 7.27. The number of para-hydroxylation sites is 1. The van der Waals surface area contributed by atoms with Crippen LogP contribution < -0.4 is 0 Å². The first-order chi connectivity index (χ1) is 10.9. The van der Waals surface area contributed by atoms with E-state index in [-0.39, 0.29) is 0 Å². The van der Waals surface area contributed by atoms with Gasteiger partial charge in [-0.2, -0.15) is 0 Å². The Hall–Kier alpha value is -2.61. The topological polar surface area (TPSA) is 17.3 Å². The lowest BCUT2D eigenvalue weighted by Gasteiger charge is -2.11. The summed E-state index contributed by atoms with van der Waals surface area (Å²) < 4.78 is 2.24. The van der Waals surface area contributed by atoms with Crippen molar-refractivity contribution in [2.24, 2.45) is 4.99 Å². The van der Waals surface area contributed by atoms with Crippen molar-refractivity contribution in [1.82, 2.24) is 4.57 Å². The molecule has 1 aliphatic heterocycles. The van der Waals surface area contributed by atoms with Gasteiger partial charge in [0.15, 0.2) is 0 Å². The normalized spacial score (nSPS) is 13.0. The fraction of sp³-hybridized carbons (Fsp3) is 0.150. The van der Waals surface area contributed by atoms with Crippen LogP contribution in [0.5, 0.6) is 0 Å². The fourth-order valence-electron chi connectivity index (χ4n) is 3.05. The molecule has 2 nitrogen and oxygen atoms in total. The third kappa shape index (κ3) is 2.08. The number of aryl methyl sites for hydroxylation is 1. The van der Waals surface area contributed by atoms with Gasteiger partial charge in [0.2, 0.25) is 0 Å². The molecule has 2 heteroatoms. The molecule has 0 saturated heterocycles. The maximum atomic E-state index is 4.90. The predicted octanol–water partition coefficient (Wildman–Crippen LogP) is 4.39. The van der Waals surface area contributed by atoms with Gasteiger partial charge in [0.1, 0.15) is 0 Å². The summed E-state index contributed by atoms with van der Waals surface area (Å²) in [7, 11) is 0. The van der Waals surface area contributed by atoms with E-state index in [1.807, 2.05) is 0 Å². The highest BCUT2D eigenvalue weighted by molar-refractivity contribution is 6.12. The van der Waals surface area contributed by atoms with Gasteiger partial charge in [0.05, 0.1) is 23.6 Å². The van der Waals surface area contributed by atoms with Gasteiger partial charge >= 0.3 is 0 Å². The van der Waals surface area contributed by atoms with E-state index in [9.17, 15) is 0 Å². The summed E-state index contributed by atoms with van der Waals surface area (Å²) in [6, 6.07) is 21.5. The zero-order valence-electron chi connectivity index (χ0n) is 12.7. The molecule has 0 aliphatic carbocycles. The van der Waals surface area contributed by atoms with Gasteiger partial charge in [0, 0.05) is 11.8 Å². The Kier molecular flexibility index (Phi) is 3.15. The number of fused-ring (bicyclic) bond motifs is 3. The Bertz CT molecular complexity index is 838. The van der Waals surface area contributed by atoms with Gasteiger partial charge in [0.25, 0.3) is 0 Å². The standard InChI is InChI=1S/C20H18N2/c1-2-15-9-11-16(12-10-15)20-19-8-5-13-22(19)18-7-4-3-6-17(18)14-21-20/h3-13H,2,14H2,1H3. The number of hydrogen-bond acceptors (Lipinski definition) is 1. The number of rotatable bonds is 2. The van der Waals surface area contributed by atoms with E-state index in [2.05, 4.69) is 78.4 Å². The Morgan fingerprint density at radius 3 is 2.59 bits per heavy atom. The van der Waals surface area contributed by atoms with Gasteiger partial charge < -0.3 is 4.57 Å². The second kappa shape index (κ2) is 5.30. The summed E-state index contributed by atoms with van der Waals surface area (Å²) in [6.07, 6.45) is 3.18. The number of nitrogens with zero attached hydrogens (tertiary/aromatic N) is 2. The fourth-order valence-corrected chi connectivity index (χ4v) is 3.05. The Morgan fingerprint density at radius 2 is 1.77 bits per heavy atom. The minimum absolute atomic E-state index is 0.725. The van der Waals surface area contributed by atoms with E-state index in [0.29, 0.717) is 0 Å². The van der Waals surface area contributed by atoms with Crippen molar-refractivity contribution in [3.63, 3.8) is 0 Å². The van der Waals surface area contributed by atoms with Crippen LogP contribution in [0.2, 0.25) is 0 Å². The molecular weight excluding hydrogens is 268 g/mol. The van der Waals surface area contributed by atoms with Gasteiger partial charge in [-0.05, 0) is 35.7 Å². The lowest BCUT2D eigenvalue weighted by Crippen LogP contribution is -2.08. The zero-order valence-corrected chi connectivity index (χ0v) is 12.7. The largest absolute Gasteiger partial charge is 0.315 e. The number of aromatic nitrogens is 1. The van der Waals surface area contributed by atoms with Crippen molar-refractivity contribution in [1.29, 1.82) is 0 Å². The predicted molar refractivity (Wildman–Crippen MR) is 90.9 cm³/mol. The lowest BCUT2D eigenvalue weighted by molar-refractivity contribution is 1.02. The lowest BCUT2D eigenvalue weighted by atomic mass is 10.0. The van der Waals surface area contributed by atoms with Crippen LogP contribution in [0.1, 0.15) is 29.3 Å². The van der Waals surface area contributed by atoms with Crippen LogP contribution >= 0.6 is 0 Å². The molecule has 2 heterocycles. The molecule has 0 spiro atoms. The summed E-state index contributed by atoms with van der Waals surface area (Å²) in [4.78, 5) is 4.90. The molecule has 0 bridgehead atoms. The molecule has 0 fully saturated rings. The van der Waals surface area contributed by atoms with Crippen LogP contribution in [-0.2, 0) is 13.0 Å². The molecule has 0 atom stereocenters. The number of benzene rings is 2. The van der Waals surface area contributed by atoms with Gasteiger partial charge in [-0.15, -0.1) is 0 Å². The van der Waals surface area contributed by atoms with Crippen molar-refractivity contribution < 1.29 is 0 Å². The zero-order chi connectivity index (χ0) is 14.9. The maximum Gasteiger partial charge on any atom is 0.0891 e. The summed E-state index contributed by atoms with van der Waals surface area (Å²) in [6.45, 7) is 2.91. The molecule has 22 heavy (non-hydrogen) atoms. The van der Waals surface area contributed by atoms with E-state index in [0.717, 1.165) is 24.4 Å². The quantitative estimate of drug-likeness (QED) is 0.665. The van der Waals surface area contributed by atoms with E-state index in [1.54, 1.807) is 0 Å². The third-order valence-corrected chi connectivity index (χ3v) is 4.29. The molecule has 0 amide bonds. The van der Waals surface area contributed by atoms with Crippen molar-refractivity contribution in [2.45, 2.75) is 19.9 Å². The van der Waals surface area contributed by atoms with Gasteiger partial charge in [-0.25, -0.2) is 0 Å².